The highest BCUT2D eigenvalue weighted by molar-refractivity contribution is 6.32. The van der Waals surface area contributed by atoms with Crippen molar-refractivity contribution < 1.29 is 14.0 Å². The Bertz CT molecular complexity index is 553. The van der Waals surface area contributed by atoms with Crippen LogP contribution in [0.2, 0.25) is 5.02 Å². The van der Waals surface area contributed by atoms with E-state index in [0.717, 1.165) is 0 Å². The van der Waals surface area contributed by atoms with Crippen molar-refractivity contribution in [3.63, 3.8) is 0 Å². The summed E-state index contributed by atoms with van der Waals surface area (Å²) < 4.78 is 15.5. The van der Waals surface area contributed by atoms with Crippen LogP contribution in [0.25, 0.3) is 11.3 Å². The van der Waals surface area contributed by atoms with Crippen molar-refractivity contribution >= 4 is 17.3 Å². The second-order valence-electron chi connectivity index (χ2n) is 3.30. The first-order valence-electron chi connectivity index (χ1n) is 4.55. The van der Waals surface area contributed by atoms with Crippen molar-refractivity contribution in [2.75, 3.05) is 12.5 Å². The fourth-order valence-electron chi connectivity index (χ4n) is 1.57. The van der Waals surface area contributed by atoms with E-state index in [4.69, 9.17) is 31.3 Å². The smallest absolute Gasteiger partial charge is 0.231 e. The van der Waals surface area contributed by atoms with Crippen molar-refractivity contribution in [1.82, 2.24) is 5.16 Å². The second kappa shape index (κ2) is 3.31. The normalized spacial score (nSPS) is 13.1. The van der Waals surface area contributed by atoms with Crippen molar-refractivity contribution in [2.45, 2.75) is 0 Å². The molecule has 0 amide bonds. The van der Waals surface area contributed by atoms with Crippen LogP contribution in [0.5, 0.6) is 11.5 Å². The molecule has 5 nitrogen and oxygen atoms in total. The summed E-state index contributed by atoms with van der Waals surface area (Å²) in [4.78, 5) is 0. The molecule has 3 rings (SSSR count). The van der Waals surface area contributed by atoms with Gasteiger partial charge in [0.2, 0.25) is 6.79 Å². The molecule has 1 aliphatic rings. The molecule has 0 aliphatic carbocycles. The molecule has 1 aliphatic heterocycles. The molecule has 0 saturated heterocycles. The summed E-state index contributed by atoms with van der Waals surface area (Å²) >= 11 is 6.04. The Labute approximate surface area is 95.7 Å². The molecule has 0 bridgehead atoms. The molecule has 2 N–H and O–H groups in total. The highest BCUT2D eigenvalue weighted by atomic mass is 35.5. The molecule has 0 fully saturated rings. The number of rotatable bonds is 1. The standard InChI is InChI=1S/C10H7ClN2O3/c11-6-1-5(9-7(12)3-13-16-9)2-8-10(6)15-4-14-8/h1-3H,4,12H2. The highest BCUT2D eigenvalue weighted by Gasteiger charge is 2.20. The summed E-state index contributed by atoms with van der Waals surface area (Å²) in [7, 11) is 0. The van der Waals surface area contributed by atoms with Crippen LogP contribution >= 0.6 is 11.6 Å². The van der Waals surface area contributed by atoms with Crippen LogP contribution in [0.15, 0.2) is 22.9 Å². The lowest BCUT2D eigenvalue weighted by atomic mass is 10.1. The fourth-order valence-corrected chi connectivity index (χ4v) is 1.83. The van der Waals surface area contributed by atoms with Gasteiger partial charge < -0.3 is 19.7 Å². The first-order valence-corrected chi connectivity index (χ1v) is 4.93. The number of nitrogens with two attached hydrogens (primary N) is 1. The molecule has 6 heteroatoms. The molecule has 16 heavy (non-hydrogen) atoms. The zero-order valence-electron chi connectivity index (χ0n) is 8.07. The molecule has 2 heterocycles. The molecule has 0 saturated carbocycles. The average molecular weight is 239 g/mol. The topological polar surface area (TPSA) is 70.5 Å². The number of aromatic nitrogens is 1. The van der Waals surface area contributed by atoms with Crippen LogP contribution in [0, 0.1) is 0 Å². The van der Waals surface area contributed by atoms with E-state index in [9.17, 15) is 0 Å². The minimum atomic E-state index is 0.171. The lowest BCUT2D eigenvalue weighted by molar-refractivity contribution is 0.174. The number of anilines is 1. The van der Waals surface area contributed by atoms with Gasteiger partial charge in [0.05, 0.1) is 11.2 Å². The van der Waals surface area contributed by atoms with Crippen molar-refractivity contribution in [2.24, 2.45) is 0 Å². The molecular weight excluding hydrogens is 232 g/mol. The Morgan fingerprint density at radius 3 is 2.94 bits per heavy atom. The van der Waals surface area contributed by atoms with Gasteiger partial charge in [0.1, 0.15) is 5.69 Å². The van der Waals surface area contributed by atoms with Crippen molar-refractivity contribution in [1.29, 1.82) is 0 Å². The monoisotopic (exact) mass is 238 g/mol. The summed E-state index contributed by atoms with van der Waals surface area (Å²) in [6, 6.07) is 3.46. The van der Waals surface area contributed by atoms with Gasteiger partial charge in [-0.25, -0.2) is 0 Å². The van der Waals surface area contributed by atoms with Gasteiger partial charge >= 0.3 is 0 Å². The Hall–Kier alpha value is -1.88. The number of fused-ring (bicyclic) bond motifs is 1. The average Bonchev–Trinajstić information content (AvgIpc) is 2.85. The van der Waals surface area contributed by atoms with Crippen LogP contribution in [0.4, 0.5) is 5.69 Å². The number of benzene rings is 1. The largest absolute Gasteiger partial charge is 0.454 e. The van der Waals surface area contributed by atoms with E-state index in [1.54, 1.807) is 12.1 Å². The Morgan fingerprint density at radius 1 is 1.31 bits per heavy atom. The van der Waals surface area contributed by atoms with E-state index in [2.05, 4.69) is 5.16 Å². The van der Waals surface area contributed by atoms with Crippen LogP contribution in [-0.2, 0) is 0 Å². The Kier molecular flexibility index (Phi) is 1.94. The maximum Gasteiger partial charge on any atom is 0.231 e. The molecule has 0 spiro atoms. The number of nitrogen functional groups attached to an aromatic ring is 1. The molecule has 82 valence electrons. The van der Waals surface area contributed by atoms with Gasteiger partial charge in [-0.3, -0.25) is 0 Å². The number of hydrogen-bond acceptors (Lipinski definition) is 5. The SMILES string of the molecule is Nc1cnoc1-c1cc(Cl)c2c(c1)OCO2. The second-order valence-corrected chi connectivity index (χ2v) is 3.71. The Balaban J connectivity index is 2.17. The van der Waals surface area contributed by atoms with E-state index >= 15 is 0 Å². The predicted molar refractivity (Wildman–Crippen MR) is 57.5 cm³/mol. The van der Waals surface area contributed by atoms with Crippen molar-refractivity contribution in [3.05, 3.63) is 23.4 Å². The molecule has 0 atom stereocenters. The summed E-state index contributed by atoms with van der Waals surface area (Å²) in [6.45, 7) is 0.171. The number of hydrogen-bond donors (Lipinski definition) is 1. The third-order valence-corrected chi connectivity index (χ3v) is 2.57. The van der Waals surface area contributed by atoms with E-state index in [-0.39, 0.29) is 6.79 Å². The summed E-state index contributed by atoms with van der Waals surface area (Å²) in [5.41, 5.74) is 6.86. The number of ether oxygens (including phenoxy) is 2. The highest BCUT2D eigenvalue weighted by Crippen LogP contribution is 2.43. The molecule has 0 unspecified atom stereocenters. The Morgan fingerprint density at radius 2 is 2.19 bits per heavy atom. The van der Waals surface area contributed by atoms with Gasteiger partial charge in [0, 0.05) is 5.56 Å². The molecule has 1 aromatic carbocycles. The van der Waals surface area contributed by atoms with Crippen LogP contribution in [-0.4, -0.2) is 11.9 Å². The zero-order valence-corrected chi connectivity index (χ0v) is 8.82. The molecule has 2 aromatic rings. The van der Waals surface area contributed by atoms with Crippen LogP contribution in [0.1, 0.15) is 0 Å². The lowest BCUT2D eigenvalue weighted by Crippen LogP contribution is -1.93. The van der Waals surface area contributed by atoms with Gasteiger partial charge in [-0.15, -0.1) is 0 Å². The fraction of sp³-hybridized carbons (Fsp3) is 0.100. The maximum atomic E-state index is 6.04. The molecule has 1 aromatic heterocycles. The first kappa shape index (κ1) is 9.35. The maximum absolute atomic E-state index is 6.04. The summed E-state index contributed by atoms with van der Waals surface area (Å²) in [6.07, 6.45) is 1.44. The zero-order chi connectivity index (χ0) is 11.1. The van der Waals surface area contributed by atoms with E-state index < -0.39 is 0 Å². The minimum absolute atomic E-state index is 0.171. The van der Waals surface area contributed by atoms with Gasteiger partial charge in [-0.2, -0.15) is 0 Å². The van der Waals surface area contributed by atoms with E-state index in [1.807, 2.05) is 0 Å². The van der Waals surface area contributed by atoms with Gasteiger partial charge in [-0.05, 0) is 12.1 Å². The third kappa shape index (κ3) is 1.29. The number of halogens is 1. The summed E-state index contributed by atoms with van der Waals surface area (Å²) in [5, 5.41) is 4.07. The van der Waals surface area contributed by atoms with E-state index in [1.165, 1.54) is 6.20 Å². The van der Waals surface area contributed by atoms with Crippen LogP contribution < -0.4 is 15.2 Å². The molecular formula is C10H7ClN2O3. The van der Waals surface area contributed by atoms with Gasteiger partial charge in [-0.1, -0.05) is 16.8 Å². The van der Waals surface area contributed by atoms with E-state index in [0.29, 0.717) is 33.5 Å². The summed E-state index contributed by atoms with van der Waals surface area (Å²) in [5.74, 6) is 1.60. The van der Waals surface area contributed by atoms with Gasteiger partial charge in [0.15, 0.2) is 17.3 Å². The van der Waals surface area contributed by atoms with Crippen molar-refractivity contribution in [3.8, 4) is 22.8 Å². The quantitative estimate of drug-likeness (QED) is 0.826. The minimum Gasteiger partial charge on any atom is -0.454 e. The first-order chi connectivity index (χ1) is 7.75. The molecule has 0 radical (unpaired) electrons. The lowest BCUT2D eigenvalue weighted by Gasteiger charge is -2.02. The number of nitrogens with zero attached hydrogens (tertiary/aromatic N) is 1. The van der Waals surface area contributed by atoms with Crippen LogP contribution in [0.3, 0.4) is 0 Å². The third-order valence-electron chi connectivity index (χ3n) is 2.29. The van der Waals surface area contributed by atoms with Gasteiger partial charge in [0.25, 0.3) is 0 Å². The predicted octanol–water partition coefficient (Wildman–Crippen LogP) is 2.31.